The quantitative estimate of drug-likeness (QED) is 0.745. The van der Waals surface area contributed by atoms with Crippen molar-refractivity contribution in [1.82, 2.24) is 24.1 Å². The predicted octanol–water partition coefficient (Wildman–Crippen LogP) is 2.74. The minimum Gasteiger partial charge on any atom is -0.342 e. The molecule has 0 spiro atoms. The molecule has 0 radical (unpaired) electrons. The largest absolute Gasteiger partial charge is 0.342 e. The molecule has 26 heavy (non-hydrogen) atoms. The van der Waals surface area contributed by atoms with Gasteiger partial charge in [0.25, 0.3) is 0 Å². The maximum absolute atomic E-state index is 12.8. The van der Waals surface area contributed by atoms with Crippen LogP contribution < -0.4 is 0 Å². The van der Waals surface area contributed by atoms with Gasteiger partial charge < -0.3 is 4.98 Å². The maximum Gasteiger partial charge on any atom is 0.246 e. The van der Waals surface area contributed by atoms with Crippen LogP contribution in [0.25, 0.3) is 11.0 Å². The van der Waals surface area contributed by atoms with Crippen molar-refractivity contribution in [3.8, 4) is 0 Å². The van der Waals surface area contributed by atoms with E-state index in [1.165, 1.54) is 6.20 Å². The van der Waals surface area contributed by atoms with Gasteiger partial charge in [-0.05, 0) is 31.4 Å². The number of hydrogen-bond acceptors (Lipinski definition) is 4. The molecule has 1 saturated heterocycles. The highest BCUT2D eigenvalue weighted by molar-refractivity contribution is 7.89. The Balaban J connectivity index is 1.46. The second-order valence-electron chi connectivity index (χ2n) is 6.76. The lowest BCUT2D eigenvalue weighted by Gasteiger charge is -2.29. The first kappa shape index (κ1) is 17.2. The Morgan fingerprint density at radius 2 is 2.00 bits per heavy atom. The molecule has 138 valence electrons. The molecule has 1 aromatic carbocycles. The Hall–Kier alpha value is -2.19. The molecule has 1 aliphatic heterocycles. The Morgan fingerprint density at radius 1 is 1.23 bits per heavy atom. The molecule has 2 aromatic heterocycles. The maximum atomic E-state index is 12.8. The molecule has 0 aliphatic carbocycles. The SMILES string of the molecule is CCCn1cc(S(=O)(=O)N2CCC(c3nc4ccccc4[nH]3)CC2)cn1. The second-order valence-corrected chi connectivity index (χ2v) is 8.69. The third-order valence-electron chi connectivity index (χ3n) is 4.95. The van der Waals surface area contributed by atoms with E-state index in [4.69, 9.17) is 0 Å². The number of para-hydroxylation sites is 2. The standard InChI is InChI=1S/C18H23N5O2S/c1-2-9-22-13-15(12-19-22)26(24,25)23-10-7-14(8-11-23)18-20-16-5-3-4-6-17(16)21-18/h3-6,12-14H,2,7-11H2,1H3,(H,20,21). The van der Waals surface area contributed by atoms with Crippen LogP contribution >= 0.6 is 0 Å². The van der Waals surface area contributed by atoms with Gasteiger partial charge in [-0.15, -0.1) is 0 Å². The van der Waals surface area contributed by atoms with Crippen molar-refractivity contribution in [3.63, 3.8) is 0 Å². The zero-order chi connectivity index (χ0) is 18.1. The third kappa shape index (κ3) is 3.14. The zero-order valence-electron chi connectivity index (χ0n) is 14.8. The monoisotopic (exact) mass is 373 g/mol. The number of fused-ring (bicyclic) bond motifs is 1. The van der Waals surface area contributed by atoms with Crippen LogP contribution in [0.1, 0.15) is 37.9 Å². The van der Waals surface area contributed by atoms with E-state index in [1.807, 2.05) is 31.2 Å². The molecule has 4 rings (SSSR count). The van der Waals surface area contributed by atoms with Crippen LogP contribution in [0.2, 0.25) is 0 Å². The Kier molecular flexibility index (Phi) is 4.54. The van der Waals surface area contributed by atoms with Crippen molar-refractivity contribution in [3.05, 3.63) is 42.5 Å². The van der Waals surface area contributed by atoms with Gasteiger partial charge in [-0.2, -0.15) is 9.40 Å². The summed E-state index contributed by atoms with van der Waals surface area (Å²) >= 11 is 0. The number of aromatic amines is 1. The summed E-state index contributed by atoms with van der Waals surface area (Å²) in [7, 11) is -3.47. The highest BCUT2D eigenvalue weighted by Gasteiger charge is 2.31. The number of aromatic nitrogens is 4. The van der Waals surface area contributed by atoms with E-state index in [0.29, 0.717) is 13.1 Å². The van der Waals surface area contributed by atoms with Crippen LogP contribution in [-0.2, 0) is 16.6 Å². The zero-order valence-corrected chi connectivity index (χ0v) is 15.6. The highest BCUT2D eigenvalue weighted by atomic mass is 32.2. The molecular weight excluding hydrogens is 350 g/mol. The molecule has 0 bridgehead atoms. The Bertz CT molecular complexity index is 966. The van der Waals surface area contributed by atoms with Crippen LogP contribution in [0, 0.1) is 0 Å². The molecule has 0 unspecified atom stereocenters. The van der Waals surface area contributed by atoms with Crippen LogP contribution in [0.5, 0.6) is 0 Å². The number of aryl methyl sites for hydroxylation is 1. The van der Waals surface area contributed by atoms with E-state index in [0.717, 1.165) is 42.7 Å². The summed E-state index contributed by atoms with van der Waals surface area (Å²) < 4.78 is 28.9. The van der Waals surface area contributed by atoms with E-state index in [-0.39, 0.29) is 10.8 Å². The van der Waals surface area contributed by atoms with Gasteiger partial charge in [0, 0.05) is 31.7 Å². The first-order valence-electron chi connectivity index (χ1n) is 9.05. The van der Waals surface area contributed by atoms with Gasteiger partial charge >= 0.3 is 0 Å². The molecule has 1 fully saturated rings. The lowest BCUT2D eigenvalue weighted by atomic mass is 9.97. The van der Waals surface area contributed by atoms with Gasteiger partial charge in [0.05, 0.1) is 17.2 Å². The number of imidazole rings is 1. The van der Waals surface area contributed by atoms with Crippen LogP contribution in [-0.4, -0.2) is 45.6 Å². The van der Waals surface area contributed by atoms with Gasteiger partial charge in [0.1, 0.15) is 10.7 Å². The van der Waals surface area contributed by atoms with Gasteiger partial charge in [-0.3, -0.25) is 4.68 Å². The van der Waals surface area contributed by atoms with Crippen molar-refractivity contribution < 1.29 is 8.42 Å². The Morgan fingerprint density at radius 3 is 2.73 bits per heavy atom. The summed E-state index contributed by atoms with van der Waals surface area (Å²) in [6.45, 7) is 3.77. The average molecular weight is 373 g/mol. The number of nitrogens with one attached hydrogen (secondary N) is 1. The van der Waals surface area contributed by atoms with Crippen molar-refractivity contribution >= 4 is 21.1 Å². The van der Waals surface area contributed by atoms with Crippen molar-refractivity contribution in [1.29, 1.82) is 0 Å². The fraction of sp³-hybridized carbons (Fsp3) is 0.444. The topological polar surface area (TPSA) is 83.9 Å². The van der Waals surface area contributed by atoms with E-state index in [1.54, 1.807) is 15.2 Å². The number of H-pyrrole nitrogens is 1. The number of nitrogens with zero attached hydrogens (tertiary/aromatic N) is 4. The number of hydrogen-bond donors (Lipinski definition) is 1. The number of rotatable bonds is 5. The number of piperidine rings is 1. The fourth-order valence-electron chi connectivity index (χ4n) is 3.51. The van der Waals surface area contributed by atoms with Gasteiger partial charge in [-0.25, -0.2) is 13.4 Å². The van der Waals surface area contributed by atoms with Crippen LogP contribution in [0.4, 0.5) is 0 Å². The molecule has 3 aromatic rings. The minimum absolute atomic E-state index is 0.261. The van der Waals surface area contributed by atoms with E-state index < -0.39 is 10.0 Å². The number of benzene rings is 1. The third-order valence-corrected chi connectivity index (χ3v) is 6.80. The summed E-state index contributed by atoms with van der Waals surface area (Å²) in [4.78, 5) is 8.33. The molecule has 1 N–H and O–H groups in total. The molecule has 8 heteroatoms. The molecule has 7 nitrogen and oxygen atoms in total. The second kappa shape index (κ2) is 6.85. The van der Waals surface area contributed by atoms with Crippen molar-refractivity contribution in [2.45, 2.75) is 43.5 Å². The molecule has 0 atom stereocenters. The van der Waals surface area contributed by atoms with Crippen LogP contribution in [0.3, 0.4) is 0 Å². The summed E-state index contributed by atoms with van der Waals surface area (Å²) in [5.74, 6) is 1.22. The first-order chi connectivity index (χ1) is 12.6. The molecule has 3 heterocycles. The predicted molar refractivity (Wildman–Crippen MR) is 99.3 cm³/mol. The summed E-state index contributed by atoms with van der Waals surface area (Å²) in [5, 5.41) is 4.15. The molecular formula is C18H23N5O2S. The summed E-state index contributed by atoms with van der Waals surface area (Å²) in [6, 6.07) is 7.96. The van der Waals surface area contributed by atoms with Gasteiger partial charge in [0.2, 0.25) is 10.0 Å². The normalized spacial score (nSPS) is 17.1. The lowest BCUT2D eigenvalue weighted by Crippen LogP contribution is -2.38. The number of sulfonamides is 1. The van der Waals surface area contributed by atoms with Crippen molar-refractivity contribution in [2.75, 3.05) is 13.1 Å². The lowest BCUT2D eigenvalue weighted by molar-refractivity contribution is 0.314. The van der Waals surface area contributed by atoms with Crippen molar-refractivity contribution in [2.24, 2.45) is 0 Å². The average Bonchev–Trinajstić information content (AvgIpc) is 3.29. The fourth-order valence-corrected chi connectivity index (χ4v) is 4.94. The van der Waals surface area contributed by atoms with Gasteiger partial charge in [-0.1, -0.05) is 19.1 Å². The Labute approximate surface area is 153 Å². The highest BCUT2D eigenvalue weighted by Crippen LogP contribution is 2.30. The van der Waals surface area contributed by atoms with Gasteiger partial charge in [0.15, 0.2) is 0 Å². The van der Waals surface area contributed by atoms with Crippen LogP contribution in [0.15, 0.2) is 41.6 Å². The smallest absolute Gasteiger partial charge is 0.246 e. The molecule has 1 aliphatic rings. The van der Waals surface area contributed by atoms with E-state index in [9.17, 15) is 8.42 Å². The summed E-state index contributed by atoms with van der Waals surface area (Å²) in [6.07, 6.45) is 5.54. The minimum atomic E-state index is -3.47. The first-order valence-corrected chi connectivity index (χ1v) is 10.5. The summed E-state index contributed by atoms with van der Waals surface area (Å²) in [5.41, 5.74) is 1.99. The molecule has 0 amide bonds. The molecule has 0 saturated carbocycles. The van der Waals surface area contributed by atoms with E-state index in [2.05, 4.69) is 15.1 Å². The van der Waals surface area contributed by atoms with E-state index >= 15 is 0 Å².